The van der Waals surface area contributed by atoms with Gasteiger partial charge >= 0.3 is 0 Å². The second-order valence-corrected chi connectivity index (χ2v) is 5.65. The molecule has 1 amide bonds. The monoisotopic (exact) mass is 292 g/mol. The van der Waals surface area contributed by atoms with Crippen LogP contribution in [0.4, 0.5) is 0 Å². The van der Waals surface area contributed by atoms with Gasteiger partial charge < -0.3 is 20.1 Å². The van der Waals surface area contributed by atoms with Gasteiger partial charge in [0.1, 0.15) is 0 Å². The van der Waals surface area contributed by atoms with Gasteiger partial charge in [0.05, 0.1) is 12.7 Å². The Morgan fingerprint density at radius 3 is 2.81 bits per heavy atom. The van der Waals surface area contributed by atoms with Gasteiger partial charge in [-0.05, 0) is 57.5 Å². The number of ether oxygens (including phenoxy) is 1. The molecule has 0 spiro atoms. The lowest BCUT2D eigenvalue weighted by molar-refractivity contribution is 0.0945. The summed E-state index contributed by atoms with van der Waals surface area (Å²) in [5.74, 6) is 0.648. The van der Waals surface area contributed by atoms with E-state index in [1.54, 1.807) is 18.2 Å². The molecule has 1 aliphatic rings. The van der Waals surface area contributed by atoms with E-state index in [0.717, 1.165) is 19.5 Å². The number of rotatable bonds is 5. The van der Waals surface area contributed by atoms with E-state index >= 15 is 0 Å². The number of piperidine rings is 1. The molecule has 0 saturated carbocycles. The van der Waals surface area contributed by atoms with Crippen LogP contribution >= 0.6 is 0 Å². The van der Waals surface area contributed by atoms with Gasteiger partial charge in [-0.1, -0.05) is 6.07 Å². The third kappa shape index (κ3) is 4.11. The summed E-state index contributed by atoms with van der Waals surface area (Å²) in [7, 11) is 3.61. The van der Waals surface area contributed by atoms with Gasteiger partial charge in [-0.15, -0.1) is 0 Å². The highest BCUT2D eigenvalue weighted by atomic mass is 16.5. The fourth-order valence-corrected chi connectivity index (χ4v) is 2.71. The van der Waals surface area contributed by atoms with Crippen LogP contribution < -0.4 is 10.1 Å². The Morgan fingerprint density at radius 2 is 2.14 bits per heavy atom. The summed E-state index contributed by atoms with van der Waals surface area (Å²) in [6, 6.07) is 4.93. The molecule has 1 aromatic rings. The first-order valence-corrected chi connectivity index (χ1v) is 7.44. The summed E-state index contributed by atoms with van der Waals surface area (Å²) >= 11 is 0. The first kappa shape index (κ1) is 15.6. The summed E-state index contributed by atoms with van der Waals surface area (Å²) in [5, 5.41) is 12.8. The minimum Gasteiger partial charge on any atom is -0.504 e. The van der Waals surface area contributed by atoms with Crippen LogP contribution in [0.15, 0.2) is 18.2 Å². The molecule has 2 N–H and O–H groups in total. The fourth-order valence-electron chi connectivity index (χ4n) is 2.71. The van der Waals surface area contributed by atoms with Gasteiger partial charge in [-0.25, -0.2) is 0 Å². The number of phenolic OH excluding ortho intramolecular Hbond substituents is 1. The lowest BCUT2D eigenvalue weighted by Crippen LogP contribution is -2.32. The quantitative estimate of drug-likeness (QED) is 0.869. The molecular weight excluding hydrogens is 268 g/mol. The van der Waals surface area contributed by atoms with Crippen LogP contribution in [-0.4, -0.2) is 49.7 Å². The Balaban J connectivity index is 1.82. The molecule has 1 heterocycles. The van der Waals surface area contributed by atoms with E-state index in [2.05, 4.69) is 17.3 Å². The van der Waals surface area contributed by atoms with Crippen molar-refractivity contribution in [1.29, 1.82) is 0 Å². The van der Waals surface area contributed by atoms with Crippen LogP contribution in [0, 0.1) is 5.92 Å². The molecule has 5 nitrogen and oxygen atoms in total. The van der Waals surface area contributed by atoms with Crippen molar-refractivity contribution in [3.8, 4) is 11.5 Å². The molecule has 0 unspecified atom stereocenters. The van der Waals surface area contributed by atoms with Crippen molar-refractivity contribution in [2.45, 2.75) is 19.3 Å². The third-order valence-corrected chi connectivity index (χ3v) is 4.14. The number of carbonyl (C=O) groups excluding carboxylic acids is 1. The van der Waals surface area contributed by atoms with E-state index in [9.17, 15) is 9.90 Å². The number of hydrogen-bond donors (Lipinski definition) is 2. The molecule has 0 bridgehead atoms. The minimum absolute atomic E-state index is 0.100. The fraction of sp³-hybridized carbons (Fsp3) is 0.562. The van der Waals surface area contributed by atoms with Crippen LogP contribution in [0.25, 0.3) is 0 Å². The van der Waals surface area contributed by atoms with Crippen LogP contribution in [0.3, 0.4) is 0 Å². The van der Waals surface area contributed by atoms with Crippen molar-refractivity contribution < 1.29 is 14.6 Å². The molecule has 21 heavy (non-hydrogen) atoms. The number of nitrogens with zero attached hydrogens (tertiary/aromatic N) is 1. The number of methoxy groups -OCH3 is 1. The lowest BCUT2D eigenvalue weighted by atomic mass is 9.94. The molecule has 0 atom stereocenters. The number of aromatic hydroxyl groups is 1. The number of nitrogens with one attached hydrogen (secondary N) is 1. The number of benzene rings is 1. The Hall–Kier alpha value is -1.75. The van der Waals surface area contributed by atoms with E-state index < -0.39 is 0 Å². The average Bonchev–Trinajstić information content (AvgIpc) is 2.49. The van der Waals surface area contributed by atoms with E-state index in [1.165, 1.54) is 20.0 Å². The highest BCUT2D eigenvalue weighted by Gasteiger charge is 2.18. The standard InChI is InChI=1S/C16H24N2O3/c1-18-10-7-12(8-11-18)6-9-17-16(20)13-4-3-5-14(21-2)15(13)19/h3-5,12,19H,6-11H2,1-2H3,(H,17,20). The maximum absolute atomic E-state index is 12.1. The van der Waals surface area contributed by atoms with Crippen molar-refractivity contribution >= 4 is 5.91 Å². The highest BCUT2D eigenvalue weighted by molar-refractivity contribution is 5.97. The number of phenols is 1. The molecule has 1 fully saturated rings. The number of carbonyl (C=O) groups is 1. The van der Waals surface area contributed by atoms with Gasteiger partial charge in [0.15, 0.2) is 11.5 Å². The molecule has 2 rings (SSSR count). The van der Waals surface area contributed by atoms with Gasteiger partial charge in [0.25, 0.3) is 5.91 Å². The minimum atomic E-state index is -0.251. The van der Waals surface area contributed by atoms with Crippen LogP contribution in [0.1, 0.15) is 29.6 Å². The van der Waals surface area contributed by atoms with Crippen molar-refractivity contribution in [2.24, 2.45) is 5.92 Å². The normalized spacial score (nSPS) is 16.7. The first-order chi connectivity index (χ1) is 10.1. The number of hydrogen-bond acceptors (Lipinski definition) is 4. The first-order valence-electron chi connectivity index (χ1n) is 7.44. The summed E-state index contributed by atoms with van der Waals surface area (Å²) in [4.78, 5) is 14.4. The maximum Gasteiger partial charge on any atom is 0.255 e. The summed E-state index contributed by atoms with van der Waals surface area (Å²) in [6.07, 6.45) is 3.37. The molecule has 0 aromatic heterocycles. The number of amides is 1. The second-order valence-electron chi connectivity index (χ2n) is 5.65. The van der Waals surface area contributed by atoms with E-state index in [4.69, 9.17) is 4.74 Å². The van der Waals surface area contributed by atoms with Gasteiger partial charge in [-0.3, -0.25) is 4.79 Å². The molecule has 0 aliphatic carbocycles. The molecule has 116 valence electrons. The summed E-state index contributed by atoms with van der Waals surface area (Å²) in [6.45, 7) is 2.91. The maximum atomic E-state index is 12.1. The number of para-hydroxylation sites is 1. The Kier molecular flexibility index (Phi) is 5.44. The molecule has 1 aliphatic heterocycles. The number of likely N-dealkylation sites (tertiary alicyclic amines) is 1. The van der Waals surface area contributed by atoms with Crippen LogP contribution in [0.2, 0.25) is 0 Å². The predicted molar refractivity (Wildman–Crippen MR) is 81.8 cm³/mol. The lowest BCUT2D eigenvalue weighted by Gasteiger charge is -2.28. The zero-order valence-corrected chi connectivity index (χ0v) is 12.8. The van der Waals surface area contributed by atoms with Crippen molar-refractivity contribution in [1.82, 2.24) is 10.2 Å². The van der Waals surface area contributed by atoms with E-state index in [0.29, 0.717) is 18.2 Å². The van der Waals surface area contributed by atoms with Crippen molar-refractivity contribution in [3.63, 3.8) is 0 Å². The zero-order valence-electron chi connectivity index (χ0n) is 12.8. The molecule has 5 heteroatoms. The summed E-state index contributed by atoms with van der Waals surface area (Å²) in [5.41, 5.74) is 0.262. The third-order valence-electron chi connectivity index (χ3n) is 4.14. The van der Waals surface area contributed by atoms with Crippen molar-refractivity contribution in [2.75, 3.05) is 33.8 Å². The molecule has 0 radical (unpaired) electrons. The van der Waals surface area contributed by atoms with Gasteiger partial charge in [0.2, 0.25) is 0 Å². The zero-order chi connectivity index (χ0) is 15.2. The average molecular weight is 292 g/mol. The predicted octanol–water partition coefficient (Wildman–Crippen LogP) is 1.86. The SMILES string of the molecule is COc1cccc(C(=O)NCCC2CCN(C)CC2)c1O. The van der Waals surface area contributed by atoms with Crippen LogP contribution in [0.5, 0.6) is 11.5 Å². The second kappa shape index (κ2) is 7.31. The van der Waals surface area contributed by atoms with Gasteiger partial charge in [0, 0.05) is 6.54 Å². The molecule has 1 saturated heterocycles. The Morgan fingerprint density at radius 1 is 1.43 bits per heavy atom. The summed E-state index contributed by atoms with van der Waals surface area (Å²) < 4.78 is 5.01. The Labute approximate surface area is 125 Å². The van der Waals surface area contributed by atoms with Crippen LogP contribution in [-0.2, 0) is 0 Å². The Bertz CT molecular complexity index is 482. The van der Waals surface area contributed by atoms with E-state index in [1.807, 2.05) is 0 Å². The highest BCUT2D eigenvalue weighted by Crippen LogP contribution is 2.29. The molecular formula is C16H24N2O3. The van der Waals surface area contributed by atoms with Crippen molar-refractivity contribution in [3.05, 3.63) is 23.8 Å². The largest absolute Gasteiger partial charge is 0.504 e. The van der Waals surface area contributed by atoms with Gasteiger partial charge in [-0.2, -0.15) is 0 Å². The smallest absolute Gasteiger partial charge is 0.255 e. The van der Waals surface area contributed by atoms with E-state index in [-0.39, 0.29) is 17.2 Å². The topological polar surface area (TPSA) is 61.8 Å². The molecule has 1 aromatic carbocycles.